The van der Waals surface area contributed by atoms with Crippen molar-refractivity contribution in [1.82, 2.24) is 9.78 Å². The zero-order chi connectivity index (χ0) is 19.2. The van der Waals surface area contributed by atoms with Gasteiger partial charge < -0.3 is 14.6 Å². The Labute approximate surface area is 148 Å². The van der Waals surface area contributed by atoms with Gasteiger partial charge in [0.2, 0.25) is 0 Å². The van der Waals surface area contributed by atoms with E-state index in [0.717, 1.165) is 4.68 Å². The summed E-state index contributed by atoms with van der Waals surface area (Å²) in [7, 11) is 0. The van der Waals surface area contributed by atoms with Gasteiger partial charge in [0.15, 0.2) is 6.10 Å². The molecule has 0 amide bonds. The highest BCUT2D eigenvalue weighted by molar-refractivity contribution is 5.74. The zero-order valence-electron chi connectivity index (χ0n) is 14.1. The summed E-state index contributed by atoms with van der Waals surface area (Å²) in [5.41, 5.74) is 0.790. The third-order valence-electron chi connectivity index (χ3n) is 3.45. The van der Waals surface area contributed by atoms with Crippen LogP contribution in [0.4, 0.5) is 13.2 Å². The molecule has 6 nitrogen and oxygen atoms in total. The summed E-state index contributed by atoms with van der Waals surface area (Å²) in [4.78, 5) is 11.5. The Hall–Kier alpha value is -2.55. The topological polar surface area (TPSA) is 73.6 Å². The average molecular weight is 372 g/mol. The van der Waals surface area contributed by atoms with Gasteiger partial charge in [0.1, 0.15) is 18.9 Å². The third kappa shape index (κ3) is 5.76. The normalized spacial score (nSPS) is 12.7. The third-order valence-corrected chi connectivity index (χ3v) is 3.45. The minimum atomic E-state index is -4.39. The minimum Gasteiger partial charge on any atom is -0.487 e. The predicted molar refractivity (Wildman–Crippen MR) is 85.4 cm³/mol. The summed E-state index contributed by atoms with van der Waals surface area (Å²) in [6.45, 7) is 0.438. The van der Waals surface area contributed by atoms with E-state index in [2.05, 4.69) is 5.10 Å². The van der Waals surface area contributed by atoms with Crippen molar-refractivity contribution in [2.45, 2.75) is 38.8 Å². The minimum absolute atomic E-state index is 0.0309. The maximum Gasteiger partial charge on any atom is 0.408 e. The van der Waals surface area contributed by atoms with E-state index in [1.165, 1.54) is 12.3 Å². The van der Waals surface area contributed by atoms with Crippen molar-refractivity contribution < 1.29 is 32.5 Å². The Kier molecular flexibility index (Phi) is 6.62. The Balaban J connectivity index is 2.05. The number of hydrogen-bond acceptors (Lipinski definition) is 5. The highest BCUT2D eigenvalue weighted by atomic mass is 19.4. The number of esters is 1. The molecule has 0 spiro atoms. The number of benzene rings is 1. The van der Waals surface area contributed by atoms with Crippen LogP contribution >= 0.6 is 0 Å². The molecule has 0 bridgehead atoms. The van der Waals surface area contributed by atoms with Gasteiger partial charge >= 0.3 is 12.1 Å². The van der Waals surface area contributed by atoms with Crippen molar-refractivity contribution >= 4 is 5.97 Å². The first kappa shape index (κ1) is 19.8. The lowest BCUT2D eigenvalue weighted by atomic mass is 10.1. The Morgan fingerprint density at radius 3 is 2.73 bits per heavy atom. The molecule has 2 aromatic rings. The number of para-hydroxylation sites is 1. The molecule has 1 atom stereocenters. The van der Waals surface area contributed by atoms with E-state index in [1.807, 2.05) is 0 Å². The molecule has 0 radical (unpaired) electrons. The van der Waals surface area contributed by atoms with E-state index in [9.17, 15) is 23.1 Å². The van der Waals surface area contributed by atoms with Crippen molar-refractivity contribution in [2.24, 2.45) is 0 Å². The molecule has 26 heavy (non-hydrogen) atoms. The molecule has 1 N–H and O–H groups in total. The van der Waals surface area contributed by atoms with Gasteiger partial charge in [0, 0.05) is 12.6 Å². The Morgan fingerprint density at radius 2 is 2.04 bits per heavy atom. The largest absolute Gasteiger partial charge is 0.487 e. The smallest absolute Gasteiger partial charge is 0.408 e. The summed E-state index contributed by atoms with van der Waals surface area (Å²) in [6.07, 6.45) is -4.50. The average Bonchev–Trinajstić information content (AvgIpc) is 2.99. The number of aromatic nitrogens is 2. The van der Waals surface area contributed by atoms with Crippen LogP contribution in [-0.2, 0) is 29.1 Å². The van der Waals surface area contributed by atoms with Crippen LogP contribution in [0.25, 0.3) is 0 Å². The molecule has 0 fully saturated rings. The molecule has 1 aromatic carbocycles. The molecular weight excluding hydrogens is 353 g/mol. The Morgan fingerprint density at radius 1 is 1.31 bits per heavy atom. The fraction of sp³-hybridized carbons (Fsp3) is 0.412. The van der Waals surface area contributed by atoms with Crippen molar-refractivity contribution in [1.29, 1.82) is 0 Å². The predicted octanol–water partition coefficient (Wildman–Crippen LogP) is 2.49. The van der Waals surface area contributed by atoms with E-state index in [-0.39, 0.29) is 25.3 Å². The van der Waals surface area contributed by atoms with Gasteiger partial charge in [-0.1, -0.05) is 18.2 Å². The van der Waals surface area contributed by atoms with Gasteiger partial charge in [-0.15, -0.1) is 0 Å². The second-order valence-corrected chi connectivity index (χ2v) is 5.46. The summed E-state index contributed by atoms with van der Waals surface area (Å²) in [6, 6.07) is 8.08. The fourth-order valence-electron chi connectivity index (χ4n) is 2.29. The number of halogens is 3. The quantitative estimate of drug-likeness (QED) is 0.721. The zero-order valence-corrected chi connectivity index (χ0v) is 14.1. The molecule has 9 heteroatoms. The first-order valence-corrected chi connectivity index (χ1v) is 7.93. The molecule has 0 aliphatic heterocycles. The van der Waals surface area contributed by atoms with E-state index in [0.29, 0.717) is 11.3 Å². The van der Waals surface area contributed by atoms with E-state index < -0.39 is 24.8 Å². The number of ether oxygens (including phenoxy) is 2. The van der Waals surface area contributed by atoms with Crippen LogP contribution in [-0.4, -0.2) is 39.7 Å². The maximum atomic E-state index is 12.5. The van der Waals surface area contributed by atoms with Crippen molar-refractivity contribution in [3.8, 4) is 5.75 Å². The number of carbonyl (C=O) groups is 1. The molecule has 0 aliphatic rings. The highest BCUT2D eigenvalue weighted by Crippen LogP contribution is 2.22. The van der Waals surface area contributed by atoms with Crippen LogP contribution in [0.1, 0.15) is 18.2 Å². The van der Waals surface area contributed by atoms with E-state index in [4.69, 9.17) is 9.47 Å². The van der Waals surface area contributed by atoms with Gasteiger partial charge in [-0.05, 0) is 24.6 Å². The van der Waals surface area contributed by atoms with Crippen LogP contribution in [0, 0.1) is 0 Å². The molecule has 1 aromatic heterocycles. The number of nitrogens with zero attached hydrogens (tertiary/aromatic N) is 2. The van der Waals surface area contributed by atoms with Crippen molar-refractivity contribution in [3.05, 3.63) is 47.8 Å². The number of aliphatic hydroxyl groups is 1. The maximum absolute atomic E-state index is 12.5. The summed E-state index contributed by atoms with van der Waals surface area (Å²) in [5.74, 6) is -0.388. The molecule has 1 heterocycles. The standard InChI is InChI=1S/C17H19F3N2O4/c1-2-25-16(24)14(23)9-12-5-3-4-6-15(12)26-10-13-7-8-21-22(13)11-17(18,19)20/h3-8,14,23H,2,9-11H2,1H3/t14-/m1/s1. The molecule has 0 aliphatic carbocycles. The molecule has 2 rings (SSSR count). The van der Waals surface area contributed by atoms with Crippen molar-refractivity contribution in [2.75, 3.05) is 6.61 Å². The summed E-state index contributed by atoms with van der Waals surface area (Å²) >= 11 is 0. The van der Waals surface area contributed by atoms with Gasteiger partial charge in [-0.3, -0.25) is 4.68 Å². The van der Waals surface area contributed by atoms with Gasteiger partial charge in [-0.25, -0.2) is 4.79 Å². The lowest BCUT2D eigenvalue weighted by molar-refractivity contribution is -0.152. The van der Waals surface area contributed by atoms with E-state index >= 15 is 0 Å². The van der Waals surface area contributed by atoms with Gasteiger partial charge in [-0.2, -0.15) is 18.3 Å². The lowest BCUT2D eigenvalue weighted by Crippen LogP contribution is -2.25. The molecule has 142 valence electrons. The second-order valence-electron chi connectivity index (χ2n) is 5.46. The monoisotopic (exact) mass is 372 g/mol. The van der Waals surface area contributed by atoms with E-state index in [1.54, 1.807) is 31.2 Å². The Bertz CT molecular complexity index is 731. The molecular formula is C17H19F3N2O4. The molecule has 0 unspecified atom stereocenters. The second kappa shape index (κ2) is 8.70. The fourth-order valence-corrected chi connectivity index (χ4v) is 2.29. The summed E-state index contributed by atoms with van der Waals surface area (Å²) < 4.78 is 48.8. The van der Waals surface area contributed by atoms with Crippen LogP contribution < -0.4 is 4.74 Å². The number of hydrogen-bond donors (Lipinski definition) is 1. The molecule has 0 saturated carbocycles. The number of rotatable bonds is 8. The van der Waals surface area contributed by atoms with Crippen molar-refractivity contribution in [3.63, 3.8) is 0 Å². The van der Waals surface area contributed by atoms with Gasteiger partial charge in [0.25, 0.3) is 0 Å². The van der Waals surface area contributed by atoms with Crippen LogP contribution in [0.2, 0.25) is 0 Å². The van der Waals surface area contributed by atoms with Crippen LogP contribution in [0.3, 0.4) is 0 Å². The van der Waals surface area contributed by atoms with Crippen LogP contribution in [0.15, 0.2) is 36.5 Å². The number of carbonyl (C=O) groups excluding carboxylic acids is 1. The van der Waals surface area contributed by atoms with Gasteiger partial charge in [0.05, 0.1) is 12.3 Å². The number of aliphatic hydroxyl groups excluding tert-OH is 1. The SMILES string of the molecule is CCOC(=O)[C@H](O)Cc1ccccc1OCc1ccnn1CC(F)(F)F. The molecule has 0 saturated heterocycles. The lowest BCUT2D eigenvalue weighted by Gasteiger charge is -2.15. The highest BCUT2D eigenvalue weighted by Gasteiger charge is 2.29. The summed E-state index contributed by atoms with van der Waals surface area (Å²) in [5, 5.41) is 13.5. The number of alkyl halides is 3. The van der Waals surface area contributed by atoms with Crippen LogP contribution in [0.5, 0.6) is 5.75 Å². The first-order chi connectivity index (χ1) is 12.3. The first-order valence-electron chi connectivity index (χ1n) is 7.93.